The molecule has 0 saturated heterocycles. The number of nitrogens with one attached hydrogen (secondary N) is 2. The van der Waals surface area contributed by atoms with Crippen LogP contribution in [0.2, 0.25) is 10.0 Å². The van der Waals surface area contributed by atoms with Gasteiger partial charge >= 0.3 is 0 Å². The number of hydrogen-bond donors (Lipinski definition) is 2. The smallest absolute Gasteiger partial charge is 0.248 e. The van der Waals surface area contributed by atoms with Crippen molar-refractivity contribution in [3.05, 3.63) is 33.3 Å². The maximum Gasteiger partial charge on any atom is 0.248 e. The maximum absolute atomic E-state index is 12.0. The van der Waals surface area contributed by atoms with E-state index in [9.17, 15) is 4.79 Å². The highest BCUT2D eigenvalue weighted by Crippen LogP contribution is 2.30. The van der Waals surface area contributed by atoms with Crippen LogP contribution in [-0.4, -0.2) is 22.1 Å². The third-order valence-corrected chi connectivity index (χ3v) is 4.05. The Morgan fingerprint density at radius 2 is 2.10 bits per heavy atom. The van der Waals surface area contributed by atoms with Gasteiger partial charge in [-0.25, -0.2) is 0 Å². The van der Waals surface area contributed by atoms with Gasteiger partial charge < -0.3 is 5.32 Å². The number of rotatable bonds is 4. The fourth-order valence-electron chi connectivity index (χ4n) is 1.47. The standard InChI is InChI=1S/C12H12Cl2N4OS/c1-6(11(19)16-12-18-17-7(2)20-12)15-9-5-3-4-8(13)10(9)14/h3-6,15H,1-2H3,(H,16,18,19)/t6-/m1/s1. The minimum atomic E-state index is -0.491. The summed E-state index contributed by atoms with van der Waals surface area (Å²) in [7, 11) is 0. The van der Waals surface area contributed by atoms with Gasteiger partial charge in [0.25, 0.3) is 0 Å². The molecule has 1 aromatic carbocycles. The lowest BCUT2D eigenvalue weighted by atomic mass is 10.2. The van der Waals surface area contributed by atoms with Crippen molar-refractivity contribution < 1.29 is 4.79 Å². The second-order valence-electron chi connectivity index (χ2n) is 4.08. The molecule has 0 unspecified atom stereocenters. The van der Waals surface area contributed by atoms with E-state index in [1.807, 2.05) is 6.92 Å². The number of carbonyl (C=O) groups is 1. The first-order chi connectivity index (χ1) is 9.47. The fourth-order valence-corrected chi connectivity index (χ4v) is 2.42. The molecule has 0 spiro atoms. The van der Waals surface area contributed by atoms with Crippen molar-refractivity contribution >= 4 is 51.3 Å². The summed E-state index contributed by atoms with van der Waals surface area (Å²) in [5.41, 5.74) is 0.607. The number of anilines is 2. The molecule has 5 nitrogen and oxygen atoms in total. The van der Waals surface area contributed by atoms with Crippen LogP contribution in [0.5, 0.6) is 0 Å². The molecule has 8 heteroatoms. The normalized spacial score (nSPS) is 12.0. The number of hydrogen-bond acceptors (Lipinski definition) is 5. The lowest BCUT2D eigenvalue weighted by Crippen LogP contribution is -2.31. The average Bonchev–Trinajstić information content (AvgIpc) is 2.80. The molecular formula is C12H12Cl2N4OS. The molecule has 0 fully saturated rings. The minimum Gasteiger partial charge on any atom is -0.373 e. The molecule has 1 amide bonds. The number of benzene rings is 1. The lowest BCUT2D eigenvalue weighted by molar-refractivity contribution is -0.116. The van der Waals surface area contributed by atoms with Crippen molar-refractivity contribution in [1.29, 1.82) is 0 Å². The van der Waals surface area contributed by atoms with Crippen LogP contribution in [0.25, 0.3) is 0 Å². The summed E-state index contributed by atoms with van der Waals surface area (Å²) in [4.78, 5) is 12.0. The van der Waals surface area contributed by atoms with Gasteiger partial charge in [-0.1, -0.05) is 40.6 Å². The zero-order valence-corrected chi connectivity index (χ0v) is 13.1. The molecule has 1 heterocycles. The Kier molecular flexibility index (Phi) is 4.80. The Hall–Kier alpha value is -1.37. The van der Waals surface area contributed by atoms with Gasteiger partial charge in [-0.15, -0.1) is 10.2 Å². The number of aryl methyl sites for hydroxylation is 1. The number of amides is 1. The van der Waals surface area contributed by atoms with E-state index >= 15 is 0 Å². The number of nitrogens with zero attached hydrogens (tertiary/aromatic N) is 2. The molecule has 0 bridgehead atoms. The summed E-state index contributed by atoms with van der Waals surface area (Å²) >= 11 is 13.3. The van der Waals surface area contributed by atoms with E-state index in [0.717, 1.165) is 5.01 Å². The van der Waals surface area contributed by atoms with Gasteiger partial charge in [-0.3, -0.25) is 10.1 Å². The van der Waals surface area contributed by atoms with Crippen LogP contribution in [0.1, 0.15) is 11.9 Å². The summed E-state index contributed by atoms with van der Waals surface area (Å²) in [6.45, 7) is 3.54. The van der Waals surface area contributed by atoms with Crippen LogP contribution in [-0.2, 0) is 4.79 Å². The highest BCUT2D eigenvalue weighted by molar-refractivity contribution is 7.15. The molecule has 1 aromatic heterocycles. The largest absolute Gasteiger partial charge is 0.373 e. The third kappa shape index (κ3) is 3.59. The van der Waals surface area contributed by atoms with E-state index in [2.05, 4.69) is 20.8 Å². The van der Waals surface area contributed by atoms with Gasteiger partial charge in [0.15, 0.2) is 0 Å². The topological polar surface area (TPSA) is 66.9 Å². The van der Waals surface area contributed by atoms with Gasteiger partial charge in [0.05, 0.1) is 15.7 Å². The Balaban J connectivity index is 2.02. The van der Waals surface area contributed by atoms with E-state index in [1.165, 1.54) is 11.3 Å². The van der Waals surface area contributed by atoms with Crippen molar-refractivity contribution in [3.63, 3.8) is 0 Å². The third-order valence-electron chi connectivity index (χ3n) is 2.47. The zero-order valence-electron chi connectivity index (χ0n) is 10.8. The highest BCUT2D eigenvalue weighted by Gasteiger charge is 2.16. The molecule has 0 saturated carbocycles. The Labute approximate surface area is 130 Å². The summed E-state index contributed by atoms with van der Waals surface area (Å²) in [6, 6.07) is 4.71. The molecule has 106 valence electrons. The highest BCUT2D eigenvalue weighted by atomic mass is 35.5. The van der Waals surface area contributed by atoms with Gasteiger partial charge in [0.2, 0.25) is 11.0 Å². The monoisotopic (exact) mass is 330 g/mol. The predicted octanol–water partition coefficient (Wildman–Crippen LogP) is 3.59. The van der Waals surface area contributed by atoms with Crippen molar-refractivity contribution in [1.82, 2.24) is 10.2 Å². The number of carbonyl (C=O) groups excluding carboxylic acids is 1. The summed E-state index contributed by atoms with van der Waals surface area (Å²) in [5, 5.41) is 15.4. The van der Waals surface area contributed by atoms with Gasteiger partial charge in [-0.05, 0) is 26.0 Å². The maximum atomic E-state index is 12.0. The van der Waals surface area contributed by atoms with Crippen molar-refractivity contribution in [2.45, 2.75) is 19.9 Å². The summed E-state index contributed by atoms with van der Waals surface area (Å²) in [5.74, 6) is -0.225. The van der Waals surface area contributed by atoms with Crippen LogP contribution in [0.4, 0.5) is 10.8 Å². The molecule has 2 N–H and O–H groups in total. The van der Waals surface area contributed by atoms with Crippen LogP contribution >= 0.6 is 34.5 Å². The molecule has 1 atom stereocenters. The van der Waals surface area contributed by atoms with Crippen molar-refractivity contribution in [2.75, 3.05) is 10.6 Å². The molecule has 2 rings (SSSR count). The van der Waals surface area contributed by atoms with Crippen LogP contribution in [0.15, 0.2) is 18.2 Å². The lowest BCUT2D eigenvalue weighted by Gasteiger charge is -2.15. The predicted molar refractivity (Wildman–Crippen MR) is 82.8 cm³/mol. The molecule has 0 aliphatic heterocycles. The molecule has 0 radical (unpaired) electrons. The van der Waals surface area contributed by atoms with Crippen LogP contribution in [0, 0.1) is 6.92 Å². The Morgan fingerprint density at radius 3 is 2.75 bits per heavy atom. The second kappa shape index (κ2) is 6.39. The fraction of sp³-hybridized carbons (Fsp3) is 0.250. The Bertz CT molecular complexity index is 632. The second-order valence-corrected chi connectivity index (χ2v) is 6.05. The quantitative estimate of drug-likeness (QED) is 0.898. The first-order valence-electron chi connectivity index (χ1n) is 5.79. The summed E-state index contributed by atoms with van der Waals surface area (Å²) < 4.78 is 0. The number of aromatic nitrogens is 2. The van der Waals surface area contributed by atoms with E-state index in [0.29, 0.717) is 20.9 Å². The SMILES string of the molecule is Cc1nnc(NC(=O)[C@@H](C)Nc2cccc(Cl)c2Cl)s1. The molecule has 0 aliphatic carbocycles. The molecule has 20 heavy (non-hydrogen) atoms. The molecule has 0 aliphatic rings. The average molecular weight is 331 g/mol. The van der Waals surface area contributed by atoms with E-state index in [1.54, 1.807) is 25.1 Å². The van der Waals surface area contributed by atoms with E-state index in [4.69, 9.17) is 23.2 Å². The van der Waals surface area contributed by atoms with E-state index in [-0.39, 0.29) is 5.91 Å². The van der Waals surface area contributed by atoms with Gasteiger partial charge in [0, 0.05) is 0 Å². The number of halogens is 2. The molecular weight excluding hydrogens is 319 g/mol. The minimum absolute atomic E-state index is 0.225. The van der Waals surface area contributed by atoms with Gasteiger partial charge in [-0.2, -0.15) is 0 Å². The van der Waals surface area contributed by atoms with Crippen LogP contribution in [0.3, 0.4) is 0 Å². The van der Waals surface area contributed by atoms with Gasteiger partial charge in [0.1, 0.15) is 11.0 Å². The first kappa shape index (κ1) is 15.0. The van der Waals surface area contributed by atoms with E-state index < -0.39 is 6.04 Å². The zero-order chi connectivity index (χ0) is 14.7. The molecule has 2 aromatic rings. The Morgan fingerprint density at radius 1 is 1.35 bits per heavy atom. The van der Waals surface area contributed by atoms with Crippen molar-refractivity contribution in [2.24, 2.45) is 0 Å². The van der Waals surface area contributed by atoms with Crippen LogP contribution < -0.4 is 10.6 Å². The first-order valence-corrected chi connectivity index (χ1v) is 7.36. The van der Waals surface area contributed by atoms with Crippen molar-refractivity contribution in [3.8, 4) is 0 Å². The summed E-state index contributed by atoms with van der Waals surface area (Å²) in [6.07, 6.45) is 0.